The van der Waals surface area contributed by atoms with Crippen molar-refractivity contribution in [1.82, 2.24) is 14.8 Å². The first-order valence-corrected chi connectivity index (χ1v) is 6.14. The monoisotopic (exact) mass is 273 g/mol. The zero-order valence-corrected chi connectivity index (χ0v) is 11.5. The van der Waals surface area contributed by atoms with Crippen LogP contribution in [0.15, 0.2) is 18.3 Å². The molecular weight excluding hydrogens is 258 g/mol. The Morgan fingerprint density at radius 3 is 2.50 bits per heavy atom. The van der Waals surface area contributed by atoms with Gasteiger partial charge in [0.25, 0.3) is 0 Å². The fraction of sp³-hybridized carbons (Fsp3) is 0.286. The SMILES string of the molecule is CC(=O)c1ccc(-n2nc(C)c(CC(=O)O)c2C)cn1. The van der Waals surface area contributed by atoms with E-state index in [4.69, 9.17) is 5.11 Å². The molecule has 104 valence electrons. The van der Waals surface area contributed by atoms with Crippen LogP contribution in [0.5, 0.6) is 0 Å². The van der Waals surface area contributed by atoms with E-state index in [2.05, 4.69) is 10.1 Å². The van der Waals surface area contributed by atoms with Gasteiger partial charge in [-0.2, -0.15) is 5.10 Å². The smallest absolute Gasteiger partial charge is 0.307 e. The Kier molecular flexibility index (Phi) is 3.65. The number of carboxylic acid groups (broad SMARTS) is 1. The van der Waals surface area contributed by atoms with E-state index in [0.29, 0.717) is 22.6 Å². The van der Waals surface area contributed by atoms with E-state index in [1.54, 1.807) is 29.9 Å². The van der Waals surface area contributed by atoms with Crippen molar-refractivity contribution in [3.8, 4) is 5.69 Å². The minimum Gasteiger partial charge on any atom is -0.481 e. The predicted molar refractivity (Wildman–Crippen MR) is 72.2 cm³/mol. The van der Waals surface area contributed by atoms with Gasteiger partial charge in [0.1, 0.15) is 5.69 Å². The van der Waals surface area contributed by atoms with Gasteiger partial charge in [-0.25, -0.2) is 4.68 Å². The van der Waals surface area contributed by atoms with Gasteiger partial charge in [0.15, 0.2) is 5.78 Å². The molecule has 2 aromatic rings. The summed E-state index contributed by atoms with van der Waals surface area (Å²) in [4.78, 5) is 26.1. The molecule has 0 fully saturated rings. The highest BCUT2D eigenvalue weighted by molar-refractivity contribution is 5.92. The number of carboxylic acids is 1. The summed E-state index contributed by atoms with van der Waals surface area (Å²) in [7, 11) is 0. The molecule has 0 spiro atoms. The number of carbonyl (C=O) groups excluding carboxylic acids is 1. The number of aliphatic carboxylic acids is 1. The van der Waals surface area contributed by atoms with Gasteiger partial charge in [-0.3, -0.25) is 14.6 Å². The molecule has 0 aromatic carbocycles. The maximum absolute atomic E-state index is 11.2. The maximum atomic E-state index is 11.2. The number of carbonyl (C=O) groups is 2. The highest BCUT2D eigenvalue weighted by Crippen LogP contribution is 2.18. The van der Waals surface area contributed by atoms with E-state index < -0.39 is 5.97 Å². The number of hydrogen-bond acceptors (Lipinski definition) is 4. The van der Waals surface area contributed by atoms with Crippen molar-refractivity contribution >= 4 is 11.8 Å². The molecule has 0 aliphatic heterocycles. The topological polar surface area (TPSA) is 85.1 Å². The van der Waals surface area contributed by atoms with E-state index in [1.165, 1.54) is 6.92 Å². The number of ketones is 1. The summed E-state index contributed by atoms with van der Waals surface area (Å²) in [5.74, 6) is -0.989. The summed E-state index contributed by atoms with van der Waals surface area (Å²) in [5, 5.41) is 13.2. The van der Waals surface area contributed by atoms with Gasteiger partial charge in [-0.05, 0) is 26.0 Å². The fourth-order valence-corrected chi connectivity index (χ4v) is 2.05. The van der Waals surface area contributed by atoms with Crippen molar-refractivity contribution in [2.75, 3.05) is 0 Å². The Morgan fingerprint density at radius 1 is 1.30 bits per heavy atom. The highest BCUT2D eigenvalue weighted by Gasteiger charge is 2.15. The van der Waals surface area contributed by atoms with Crippen molar-refractivity contribution in [2.45, 2.75) is 27.2 Å². The highest BCUT2D eigenvalue weighted by atomic mass is 16.4. The number of aryl methyl sites for hydroxylation is 1. The fourth-order valence-electron chi connectivity index (χ4n) is 2.05. The molecule has 20 heavy (non-hydrogen) atoms. The Morgan fingerprint density at radius 2 is 2.00 bits per heavy atom. The van der Waals surface area contributed by atoms with Gasteiger partial charge >= 0.3 is 5.97 Å². The maximum Gasteiger partial charge on any atom is 0.307 e. The lowest BCUT2D eigenvalue weighted by atomic mass is 10.1. The van der Waals surface area contributed by atoms with Crippen molar-refractivity contribution in [3.05, 3.63) is 41.0 Å². The third-order valence-electron chi connectivity index (χ3n) is 3.12. The molecular formula is C14H15N3O3. The Balaban J connectivity index is 2.43. The number of Topliss-reactive ketones (excluding diaryl/α,β-unsaturated/α-hetero) is 1. The summed E-state index contributed by atoms with van der Waals surface area (Å²) in [5.41, 5.74) is 3.24. The van der Waals surface area contributed by atoms with Crippen LogP contribution < -0.4 is 0 Å². The Hall–Kier alpha value is -2.50. The molecule has 0 amide bonds. The van der Waals surface area contributed by atoms with Crippen LogP contribution in [0.2, 0.25) is 0 Å². The summed E-state index contributed by atoms with van der Waals surface area (Å²) >= 11 is 0. The predicted octanol–water partition coefficient (Wildman–Crippen LogP) is 1.71. The lowest BCUT2D eigenvalue weighted by Crippen LogP contribution is -2.04. The second kappa shape index (κ2) is 5.24. The molecule has 2 aromatic heterocycles. The first kappa shape index (κ1) is 13.9. The van der Waals surface area contributed by atoms with Crippen LogP contribution in [0.3, 0.4) is 0 Å². The van der Waals surface area contributed by atoms with Crippen molar-refractivity contribution < 1.29 is 14.7 Å². The molecule has 2 heterocycles. The van der Waals surface area contributed by atoms with Crippen molar-refractivity contribution in [1.29, 1.82) is 0 Å². The van der Waals surface area contributed by atoms with Crippen LogP contribution in [0.4, 0.5) is 0 Å². The molecule has 1 N–H and O–H groups in total. The molecule has 0 radical (unpaired) electrons. The van der Waals surface area contributed by atoms with Gasteiger partial charge < -0.3 is 5.11 Å². The summed E-state index contributed by atoms with van der Waals surface area (Å²) in [6.45, 7) is 5.05. The average Bonchev–Trinajstić information content (AvgIpc) is 2.66. The lowest BCUT2D eigenvalue weighted by molar-refractivity contribution is -0.136. The minimum atomic E-state index is -0.888. The van der Waals surface area contributed by atoms with Gasteiger partial charge in [-0.1, -0.05) is 0 Å². The number of pyridine rings is 1. The van der Waals surface area contributed by atoms with Crippen LogP contribution in [-0.4, -0.2) is 31.6 Å². The van der Waals surface area contributed by atoms with Crippen LogP contribution >= 0.6 is 0 Å². The van der Waals surface area contributed by atoms with Gasteiger partial charge in [0.05, 0.1) is 24.0 Å². The quantitative estimate of drug-likeness (QED) is 0.857. The van der Waals surface area contributed by atoms with Crippen LogP contribution in [-0.2, 0) is 11.2 Å². The van der Waals surface area contributed by atoms with Gasteiger partial charge in [-0.15, -0.1) is 0 Å². The normalized spacial score (nSPS) is 10.6. The molecule has 6 heteroatoms. The van der Waals surface area contributed by atoms with Crippen LogP contribution in [0, 0.1) is 13.8 Å². The number of nitrogens with zero attached hydrogens (tertiary/aromatic N) is 3. The first-order chi connectivity index (χ1) is 9.40. The standard InChI is InChI=1S/C14H15N3O3/c1-8-12(6-14(19)20)9(2)17(16-8)11-4-5-13(10(3)18)15-7-11/h4-5,7H,6H2,1-3H3,(H,19,20). The minimum absolute atomic E-state index is 0.0589. The van der Waals surface area contributed by atoms with E-state index >= 15 is 0 Å². The average molecular weight is 273 g/mol. The third-order valence-corrected chi connectivity index (χ3v) is 3.12. The molecule has 6 nitrogen and oxygen atoms in total. The Labute approximate surface area is 116 Å². The molecule has 0 unspecified atom stereocenters. The Bertz CT molecular complexity index is 672. The molecule has 0 saturated carbocycles. The molecule has 0 aliphatic carbocycles. The second-order valence-electron chi connectivity index (χ2n) is 4.59. The first-order valence-electron chi connectivity index (χ1n) is 6.14. The van der Waals surface area contributed by atoms with Crippen molar-refractivity contribution in [2.24, 2.45) is 0 Å². The van der Waals surface area contributed by atoms with Gasteiger partial charge in [0, 0.05) is 18.2 Å². The molecule has 2 rings (SSSR count). The summed E-state index contributed by atoms with van der Waals surface area (Å²) in [6.07, 6.45) is 1.50. The summed E-state index contributed by atoms with van der Waals surface area (Å²) in [6, 6.07) is 3.37. The molecule has 0 atom stereocenters. The zero-order valence-electron chi connectivity index (χ0n) is 11.5. The lowest BCUT2D eigenvalue weighted by Gasteiger charge is -2.05. The number of rotatable bonds is 4. The van der Waals surface area contributed by atoms with E-state index in [-0.39, 0.29) is 12.2 Å². The third kappa shape index (κ3) is 2.59. The van der Waals surface area contributed by atoms with Gasteiger partial charge in [0.2, 0.25) is 0 Å². The van der Waals surface area contributed by atoms with E-state index in [1.807, 2.05) is 6.92 Å². The molecule has 0 aliphatic rings. The zero-order chi connectivity index (χ0) is 14.9. The largest absolute Gasteiger partial charge is 0.481 e. The number of hydrogen-bond donors (Lipinski definition) is 1. The van der Waals surface area contributed by atoms with E-state index in [0.717, 1.165) is 5.69 Å². The number of aromatic nitrogens is 3. The molecule has 0 bridgehead atoms. The molecule has 0 saturated heterocycles. The second-order valence-corrected chi connectivity index (χ2v) is 4.59. The van der Waals surface area contributed by atoms with Crippen LogP contribution in [0.25, 0.3) is 5.69 Å². The van der Waals surface area contributed by atoms with E-state index in [9.17, 15) is 9.59 Å². The summed E-state index contributed by atoms with van der Waals surface area (Å²) < 4.78 is 1.64. The van der Waals surface area contributed by atoms with Crippen LogP contribution in [0.1, 0.15) is 34.4 Å². The van der Waals surface area contributed by atoms with Crippen molar-refractivity contribution in [3.63, 3.8) is 0 Å².